The van der Waals surface area contributed by atoms with Gasteiger partial charge in [0.2, 0.25) is 0 Å². The number of rotatable bonds is 4. The van der Waals surface area contributed by atoms with Crippen LogP contribution < -0.4 is 5.73 Å². The monoisotopic (exact) mass is 301 g/mol. The molecule has 0 bridgehead atoms. The van der Waals surface area contributed by atoms with Crippen LogP contribution >= 0.6 is 0 Å². The normalized spacial score (nSPS) is 17.2. The van der Waals surface area contributed by atoms with E-state index in [0.717, 1.165) is 24.9 Å². The van der Waals surface area contributed by atoms with Crippen LogP contribution in [-0.4, -0.2) is 5.78 Å². The molecule has 1 aromatic rings. The van der Waals surface area contributed by atoms with Crippen molar-refractivity contribution in [3.63, 3.8) is 0 Å². The third-order valence-electron chi connectivity index (χ3n) is 4.89. The van der Waals surface area contributed by atoms with Gasteiger partial charge in [-0.25, -0.2) is 0 Å². The number of hydrogen-bond acceptors (Lipinski definition) is 2. The summed E-state index contributed by atoms with van der Waals surface area (Å²) in [4.78, 5) is 12.4. The largest absolute Gasteiger partial charge is 0.398 e. The molecule has 122 valence electrons. The molecule has 1 aliphatic carbocycles. The molecule has 2 nitrogen and oxygen atoms in total. The van der Waals surface area contributed by atoms with Gasteiger partial charge in [0.15, 0.2) is 0 Å². The molecule has 2 rings (SSSR count). The summed E-state index contributed by atoms with van der Waals surface area (Å²) in [5.41, 5.74) is 9.49. The first-order chi connectivity index (χ1) is 10.4. The maximum atomic E-state index is 12.4. The second-order valence-corrected chi connectivity index (χ2v) is 7.83. The predicted molar refractivity (Wildman–Crippen MR) is 94.1 cm³/mol. The molecule has 0 unspecified atom stereocenters. The average Bonchev–Trinajstić information content (AvgIpc) is 2.72. The minimum atomic E-state index is 0.0682. The lowest BCUT2D eigenvalue weighted by atomic mass is 9.84. The minimum absolute atomic E-state index is 0.0682. The van der Waals surface area contributed by atoms with Crippen molar-refractivity contribution in [1.29, 1.82) is 0 Å². The van der Waals surface area contributed by atoms with Crippen molar-refractivity contribution in [3.8, 4) is 0 Å². The summed E-state index contributed by atoms with van der Waals surface area (Å²) in [5, 5.41) is 0. The highest BCUT2D eigenvalue weighted by atomic mass is 16.1. The van der Waals surface area contributed by atoms with E-state index in [1.807, 2.05) is 0 Å². The van der Waals surface area contributed by atoms with Crippen molar-refractivity contribution in [1.82, 2.24) is 0 Å². The van der Waals surface area contributed by atoms with Crippen molar-refractivity contribution in [2.45, 2.75) is 77.6 Å². The van der Waals surface area contributed by atoms with Gasteiger partial charge in [-0.05, 0) is 41.9 Å². The fourth-order valence-corrected chi connectivity index (χ4v) is 3.52. The van der Waals surface area contributed by atoms with E-state index in [1.54, 1.807) is 0 Å². The number of ketones is 1. The van der Waals surface area contributed by atoms with Gasteiger partial charge in [0.1, 0.15) is 5.78 Å². The molecular formula is C20H31NO. The smallest absolute Gasteiger partial charge is 0.136 e. The van der Waals surface area contributed by atoms with E-state index >= 15 is 0 Å². The molecule has 0 saturated heterocycles. The zero-order valence-corrected chi connectivity index (χ0v) is 14.5. The summed E-state index contributed by atoms with van der Waals surface area (Å²) < 4.78 is 0. The van der Waals surface area contributed by atoms with Crippen LogP contribution in [0.3, 0.4) is 0 Å². The number of carbonyl (C=O) groups is 1. The van der Waals surface area contributed by atoms with E-state index in [9.17, 15) is 4.79 Å². The van der Waals surface area contributed by atoms with E-state index < -0.39 is 0 Å². The van der Waals surface area contributed by atoms with Gasteiger partial charge in [0.25, 0.3) is 0 Å². The van der Waals surface area contributed by atoms with Gasteiger partial charge >= 0.3 is 0 Å². The molecule has 1 fully saturated rings. The molecule has 0 heterocycles. The molecule has 0 radical (unpaired) electrons. The zero-order valence-electron chi connectivity index (χ0n) is 14.5. The lowest BCUT2D eigenvalue weighted by Crippen LogP contribution is -2.15. The van der Waals surface area contributed by atoms with Gasteiger partial charge in [0, 0.05) is 18.0 Å². The maximum absolute atomic E-state index is 12.4. The number of aryl methyl sites for hydroxylation is 1. The van der Waals surface area contributed by atoms with Crippen molar-refractivity contribution >= 4 is 11.5 Å². The highest BCUT2D eigenvalue weighted by Gasteiger charge is 2.20. The standard InChI is InChI=1S/C20H31NO/c1-20(2,3)17-12-10-15(14-18(17)21)11-13-19(22)16-8-6-4-5-7-9-16/h10,12,14,16H,4-9,11,13,21H2,1-3H3. The summed E-state index contributed by atoms with van der Waals surface area (Å²) >= 11 is 0. The van der Waals surface area contributed by atoms with E-state index in [4.69, 9.17) is 5.73 Å². The number of nitrogens with two attached hydrogens (primary N) is 1. The van der Waals surface area contributed by atoms with Gasteiger partial charge in [-0.1, -0.05) is 58.6 Å². The van der Waals surface area contributed by atoms with Crippen LogP contribution in [0.2, 0.25) is 0 Å². The second-order valence-electron chi connectivity index (χ2n) is 7.83. The first kappa shape index (κ1) is 17.1. The molecule has 22 heavy (non-hydrogen) atoms. The maximum Gasteiger partial charge on any atom is 0.136 e. The van der Waals surface area contributed by atoms with E-state index in [1.165, 1.54) is 36.8 Å². The molecule has 2 heteroatoms. The first-order valence-corrected chi connectivity index (χ1v) is 8.79. The van der Waals surface area contributed by atoms with Crippen LogP contribution in [0, 0.1) is 5.92 Å². The number of carbonyl (C=O) groups excluding carboxylic acids is 1. The molecular weight excluding hydrogens is 270 g/mol. The molecule has 1 saturated carbocycles. The number of nitrogen functional groups attached to an aromatic ring is 1. The Bertz CT molecular complexity index is 505. The van der Waals surface area contributed by atoms with Crippen molar-refractivity contribution in [2.75, 3.05) is 5.73 Å². The third kappa shape index (κ3) is 4.59. The van der Waals surface area contributed by atoms with Crippen LogP contribution in [0.15, 0.2) is 18.2 Å². The Morgan fingerprint density at radius 1 is 1.14 bits per heavy atom. The number of anilines is 1. The van der Waals surface area contributed by atoms with E-state index in [2.05, 4.69) is 39.0 Å². The van der Waals surface area contributed by atoms with Crippen LogP contribution in [-0.2, 0) is 16.6 Å². The SMILES string of the molecule is CC(C)(C)c1ccc(CCC(=O)C2CCCCCC2)cc1N. The fourth-order valence-electron chi connectivity index (χ4n) is 3.52. The quantitative estimate of drug-likeness (QED) is 0.625. The summed E-state index contributed by atoms with van der Waals surface area (Å²) in [5.74, 6) is 0.772. The Balaban J connectivity index is 1.94. The van der Waals surface area contributed by atoms with E-state index in [-0.39, 0.29) is 5.41 Å². The Morgan fingerprint density at radius 3 is 2.32 bits per heavy atom. The Kier molecular flexibility index (Phi) is 5.66. The highest BCUT2D eigenvalue weighted by molar-refractivity contribution is 5.81. The summed E-state index contributed by atoms with van der Waals surface area (Å²) in [6.07, 6.45) is 8.74. The highest BCUT2D eigenvalue weighted by Crippen LogP contribution is 2.29. The van der Waals surface area contributed by atoms with E-state index in [0.29, 0.717) is 18.1 Å². The number of Topliss-reactive ketones (excluding diaryl/α,β-unsaturated/α-hetero) is 1. The Hall–Kier alpha value is -1.31. The van der Waals surface area contributed by atoms with Crippen LogP contribution in [0.25, 0.3) is 0 Å². The lowest BCUT2D eigenvalue weighted by Gasteiger charge is -2.21. The molecule has 0 amide bonds. The fraction of sp³-hybridized carbons (Fsp3) is 0.650. The van der Waals surface area contributed by atoms with Crippen molar-refractivity contribution in [2.24, 2.45) is 5.92 Å². The molecule has 0 aromatic heterocycles. The van der Waals surface area contributed by atoms with Gasteiger partial charge in [-0.15, -0.1) is 0 Å². The van der Waals surface area contributed by atoms with Gasteiger partial charge in [-0.3, -0.25) is 4.79 Å². The summed E-state index contributed by atoms with van der Waals surface area (Å²) in [6.45, 7) is 6.52. The van der Waals surface area contributed by atoms with Crippen molar-refractivity contribution < 1.29 is 4.79 Å². The number of benzene rings is 1. The minimum Gasteiger partial charge on any atom is -0.398 e. The topological polar surface area (TPSA) is 43.1 Å². The predicted octanol–water partition coefficient (Wildman–Crippen LogP) is 5.04. The first-order valence-electron chi connectivity index (χ1n) is 8.79. The number of hydrogen-bond donors (Lipinski definition) is 1. The molecule has 0 spiro atoms. The molecule has 0 atom stereocenters. The second kappa shape index (κ2) is 7.30. The van der Waals surface area contributed by atoms with Crippen LogP contribution in [0.1, 0.15) is 76.8 Å². The molecule has 0 aliphatic heterocycles. The average molecular weight is 301 g/mol. The van der Waals surface area contributed by atoms with Gasteiger partial charge < -0.3 is 5.73 Å². The zero-order chi connectivity index (χ0) is 16.2. The van der Waals surface area contributed by atoms with Crippen LogP contribution in [0.5, 0.6) is 0 Å². The molecule has 1 aromatic carbocycles. The van der Waals surface area contributed by atoms with Crippen molar-refractivity contribution in [3.05, 3.63) is 29.3 Å². The van der Waals surface area contributed by atoms with Gasteiger partial charge in [0.05, 0.1) is 0 Å². The summed E-state index contributed by atoms with van der Waals surface area (Å²) in [7, 11) is 0. The Morgan fingerprint density at radius 2 is 1.77 bits per heavy atom. The van der Waals surface area contributed by atoms with Gasteiger partial charge in [-0.2, -0.15) is 0 Å². The molecule has 2 N–H and O–H groups in total. The lowest BCUT2D eigenvalue weighted by molar-refractivity contribution is -0.123. The summed E-state index contributed by atoms with van der Waals surface area (Å²) in [6, 6.07) is 6.32. The molecule has 1 aliphatic rings. The third-order valence-corrected chi connectivity index (χ3v) is 4.89. The Labute approximate surface area is 135 Å². The van der Waals surface area contributed by atoms with Crippen LogP contribution in [0.4, 0.5) is 5.69 Å².